The Hall–Kier alpha value is -1.41. The second kappa shape index (κ2) is 5.30. The van der Waals surface area contributed by atoms with Crippen molar-refractivity contribution in [2.45, 2.75) is 39.7 Å². The number of rotatable bonds is 3. The van der Waals surface area contributed by atoms with Gasteiger partial charge >= 0.3 is 0 Å². The fraction of sp³-hybridized carbons (Fsp3) is 0.471. The minimum atomic E-state index is 0.186. The standard InChI is InChI=1S/C17H23NO/c1-10(2)17-14-8-11(3)7-12(4)16(14)13(5)15(18-17)9-19-6/h7-8,13,15H,1,9H2,2-6H3. The Morgan fingerprint density at radius 2 is 2.05 bits per heavy atom. The third-order valence-corrected chi connectivity index (χ3v) is 3.86. The molecule has 2 heteroatoms. The number of benzene rings is 1. The van der Waals surface area contributed by atoms with E-state index in [2.05, 4.69) is 39.5 Å². The summed E-state index contributed by atoms with van der Waals surface area (Å²) in [6, 6.07) is 4.67. The third kappa shape index (κ3) is 2.50. The molecule has 0 spiro atoms. The Labute approximate surface area is 116 Å². The average Bonchev–Trinajstić information content (AvgIpc) is 2.31. The second-order valence-electron chi connectivity index (χ2n) is 5.61. The van der Waals surface area contributed by atoms with Crippen LogP contribution in [0.4, 0.5) is 0 Å². The van der Waals surface area contributed by atoms with Gasteiger partial charge in [-0.1, -0.05) is 25.1 Å². The summed E-state index contributed by atoms with van der Waals surface area (Å²) in [5.74, 6) is 0.388. The molecule has 0 bridgehead atoms. The second-order valence-corrected chi connectivity index (χ2v) is 5.61. The predicted molar refractivity (Wildman–Crippen MR) is 81.3 cm³/mol. The molecule has 0 aliphatic carbocycles. The normalized spacial score (nSPS) is 21.8. The van der Waals surface area contributed by atoms with Crippen LogP contribution in [0.5, 0.6) is 0 Å². The molecule has 1 aromatic carbocycles. The first-order valence-electron chi connectivity index (χ1n) is 6.79. The molecule has 0 N–H and O–H groups in total. The van der Waals surface area contributed by atoms with E-state index in [0.29, 0.717) is 12.5 Å². The third-order valence-electron chi connectivity index (χ3n) is 3.86. The number of aryl methyl sites for hydroxylation is 2. The summed E-state index contributed by atoms with van der Waals surface area (Å²) >= 11 is 0. The Bertz CT molecular complexity index is 542. The van der Waals surface area contributed by atoms with Gasteiger partial charge in [0.1, 0.15) is 0 Å². The number of ether oxygens (including phenoxy) is 1. The van der Waals surface area contributed by atoms with Crippen LogP contribution in [-0.2, 0) is 4.74 Å². The van der Waals surface area contributed by atoms with Gasteiger partial charge in [-0.05, 0) is 43.5 Å². The van der Waals surface area contributed by atoms with E-state index in [-0.39, 0.29) is 6.04 Å². The molecule has 0 radical (unpaired) electrons. The summed E-state index contributed by atoms with van der Waals surface area (Å²) in [5.41, 5.74) is 7.35. The van der Waals surface area contributed by atoms with Gasteiger partial charge in [-0.3, -0.25) is 4.99 Å². The molecule has 102 valence electrons. The van der Waals surface area contributed by atoms with Gasteiger partial charge in [0.2, 0.25) is 0 Å². The quantitative estimate of drug-likeness (QED) is 0.807. The maximum atomic E-state index is 5.32. The Morgan fingerprint density at radius 1 is 1.37 bits per heavy atom. The van der Waals surface area contributed by atoms with Gasteiger partial charge in [0, 0.05) is 18.6 Å². The lowest BCUT2D eigenvalue weighted by atomic mass is 9.80. The molecule has 0 aromatic heterocycles. The minimum absolute atomic E-state index is 0.186. The highest BCUT2D eigenvalue weighted by molar-refractivity contribution is 6.14. The number of fused-ring (bicyclic) bond motifs is 1. The topological polar surface area (TPSA) is 21.6 Å². The van der Waals surface area contributed by atoms with Crippen molar-refractivity contribution in [3.05, 3.63) is 46.5 Å². The molecule has 0 fully saturated rings. The van der Waals surface area contributed by atoms with Crippen molar-refractivity contribution >= 4 is 5.71 Å². The maximum absolute atomic E-state index is 5.32. The molecule has 2 unspecified atom stereocenters. The van der Waals surface area contributed by atoms with Crippen molar-refractivity contribution in [1.82, 2.24) is 0 Å². The van der Waals surface area contributed by atoms with Crippen molar-refractivity contribution < 1.29 is 4.74 Å². The van der Waals surface area contributed by atoms with E-state index >= 15 is 0 Å². The van der Waals surface area contributed by atoms with Crippen LogP contribution < -0.4 is 0 Å². The Balaban J connectivity index is 2.63. The molecule has 0 amide bonds. The molecule has 1 aliphatic heterocycles. The molecule has 1 aromatic rings. The fourth-order valence-electron chi connectivity index (χ4n) is 3.01. The zero-order valence-corrected chi connectivity index (χ0v) is 12.6. The van der Waals surface area contributed by atoms with Crippen LogP contribution in [0.1, 0.15) is 42.0 Å². The van der Waals surface area contributed by atoms with E-state index < -0.39 is 0 Å². The number of nitrogens with zero attached hydrogens (tertiary/aromatic N) is 1. The lowest BCUT2D eigenvalue weighted by Crippen LogP contribution is -2.29. The lowest BCUT2D eigenvalue weighted by molar-refractivity contribution is 0.172. The molecule has 19 heavy (non-hydrogen) atoms. The SMILES string of the molecule is C=C(C)C1=NC(COC)C(C)c2c(C)cc(C)cc21. The summed E-state index contributed by atoms with van der Waals surface area (Å²) in [5, 5.41) is 0. The number of hydrogen-bond acceptors (Lipinski definition) is 2. The van der Waals surface area contributed by atoms with Crippen molar-refractivity contribution in [1.29, 1.82) is 0 Å². The van der Waals surface area contributed by atoms with E-state index in [0.717, 1.165) is 11.3 Å². The van der Waals surface area contributed by atoms with Gasteiger partial charge in [-0.2, -0.15) is 0 Å². The molecule has 0 saturated heterocycles. The first kappa shape index (κ1) is 14.0. The van der Waals surface area contributed by atoms with Crippen LogP contribution in [0, 0.1) is 13.8 Å². The molecule has 1 heterocycles. The first-order chi connectivity index (χ1) is 8.95. The van der Waals surface area contributed by atoms with Gasteiger partial charge in [-0.15, -0.1) is 0 Å². The number of hydrogen-bond donors (Lipinski definition) is 0. The Kier molecular flexibility index (Phi) is 3.91. The van der Waals surface area contributed by atoms with Crippen LogP contribution in [0.3, 0.4) is 0 Å². The van der Waals surface area contributed by atoms with Crippen LogP contribution in [0.2, 0.25) is 0 Å². The van der Waals surface area contributed by atoms with Crippen LogP contribution in [-0.4, -0.2) is 25.5 Å². The van der Waals surface area contributed by atoms with Gasteiger partial charge in [0.25, 0.3) is 0 Å². The van der Waals surface area contributed by atoms with Gasteiger partial charge < -0.3 is 4.74 Å². The molecule has 2 rings (SSSR count). The first-order valence-corrected chi connectivity index (χ1v) is 6.79. The highest BCUT2D eigenvalue weighted by atomic mass is 16.5. The van der Waals surface area contributed by atoms with Crippen molar-refractivity contribution in [2.24, 2.45) is 4.99 Å². The van der Waals surface area contributed by atoms with E-state index in [1.807, 2.05) is 6.92 Å². The van der Waals surface area contributed by atoms with Crippen molar-refractivity contribution in [3.8, 4) is 0 Å². The molecule has 0 saturated carbocycles. The highest BCUT2D eigenvalue weighted by Gasteiger charge is 2.29. The van der Waals surface area contributed by atoms with E-state index in [9.17, 15) is 0 Å². The van der Waals surface area contributed by atoms with E-state index in [1.54, 1.807) is 7.11 Å². The molecule has 2 nitrogen and oxygen atoms in total. The molecule has 1 aliphatic rings. The highest BCUT2D eigenvalue weighted by Crippen LogP contribution is 2.35. The van der Waals surface area contributed by atoms with Crippen molar-refractivity contribution in [3.63, 3.8) is 0 Å². The van der Waals surface area contributed by atoms with Gasteiger partial charge in [0.15, 0.2) is 0 Å². The zero-order valence-electron chi connectivity index (χ0n) is 12.6. The van der Waals surface area contributed by atoms with Crippen LogP contribution in [0.25, 0.3) is 0 Å². The van der Waals surface area contributed by atoms with E-state index in [1.165, 1.54) is 22.3 Å². The average molecular weight is 257 g/mol. The van der Waals surface area contributed by atoms with Crippen LogP contribution in [0.15, 0.2) is 29.3 Å². The maximum Gasteiger partial charge on any atom is 0.0806 e. The largest absolute Gasteiger partial charge is 0.382 e. The summed E-state index contributed by atoms with van der Waals surface area (Å²) in [4.78, 5) is 4.87. The van der Waals surface area contributed by atoms with Gasteiger partial charge in [0.05, 0.1) is 18.4 Å². The summed E-state index contributed by atoms with van der Waals surface area (Å²) in [6.07, 6.45) is 0. The number of methoxy groups -OCH3 is 1. The number of aliphatic imine (C=N–C) groups is 1. The van der Waals surface area contributed by atoms with E-state index in [4.69, 9.17) is 9.73 Å². The Morgan fingerprint density at radius 3 is 2.63 bits per heavy atom. The molecule has 2 atom stereocenters. The smallest absolute Gasteiger partial charge is 0.0806 e. The minimum Gasteiger partial charge on any atom is -0.382 e. The van der Waals surface area contributed by atoms with Crippen molar-refractivity contribution in [2.75, 3.05) is 13.7 Å². The summed E-state index contributed by atoms with van der Waals surface area (Å²) in [6.45, 7) is 13.3. The summed E-state index contributed by atoms with van der Waals surface area (Å²) < 4.78 is 5.32. The fourth-order valence-corrected chi connectivity index (χ4v) is 3.01. The molecular formula is C17H23NO. The van der Waals surface area contributed by atoms with Gasteiger partial charge in [-0.25, -0.2) is 0 Å². The predicted octanol–water partition coefficient (Wildman–Crippen LogP) is 3.80. The monoisotopic (exact) mass is 257 g/mol. The summed E-state index contributed by atoms with van der Waals surface area (Å²) in [7, 11) is 1.74. The lowest BCUT2D eigenvalue weighted by Gasteiger charge is -2.31. The zero-order chi connectivity index (χ0) is 14.2. The molecular weight excluding hydrogens is 234 g/mol. The van der Waals surface area contributed by atoms with Crippen LogP contribution >= 0.6 is 0 Å². The number of allylic oxidation sites excluding steroid dienone is 1.